The second kappa shape index (κ2) is 7.05. The first-order chi connectivity index (χ1) is 10.0. The topological polar surface area (TPSA) is 42.2 Å². The molecule has 1 aromatic carbocycles. The van der Waals surface area contributed by atoms with Gasteiger partial charge in [0.05, 0.1) is 12.2 Å². The van der Waals surface area contributed by atoms with Crippen molar-refractivity contribution < 1.29 is 0 Å². The molecule has 0 unspecified atom stereocenters. The molecular formula is C17H22BrN3. The molecule has 0 saturated heterocycles. The van der Waals surface area contributed by atoms with Crippen LogP contribution in [0.4, 0.5) is 5.69 Å². The van der Waals surface area contributed by atoms with E-state index < -0.39 is 0 Å². The lowest BCUT2D eigenvalue weighted by Gasteiger charge is -2.24. The van der Waals surface area contributed by atoms with E-state index in [0.29, 0.717) is 0 Å². The summed E-state index contributed by atoms with van der Waals surface area (Å²) in [5, 5.41) is 0. The van der Waals surface area contributed by atoms with Crippen molar-refractivity contribution in [2.45, 2.75) is 33.4 Å². The lowest BCUT2D eigenvalue weighted by Crippen LogP contribution is -2.23. The van der Waals surface area contributed by atoms with Crippen LogP contribution in [-0.2, 0) is 6.54 Å². The maximum atomic E-state index is 5.96. The molecule has 3 nitrogen and oxygen atoms in total. The predicted octanol–water partition coefficient (Wildman–Crippen LogP) is 4.20. The minimum absolute atomic E-state index is 0.0296. The van der Waals surface area contributed by atoms with Crippen molar-refractivity contribution >= 4 is 21.6 Å². The van der Waals surface area contributed by atoms with Crippen LogP contribution >= 0.6 is 15.9 Å². The van der Waals surface area contributed by atoms with Crippen LogP contribution in [0, 0.1) is 6.92 Å². The number of anilines is 1. The molecule has 1 atom stereocenters. The van der Waals surface area contributed by atoms with E-state index in [9.17, 15) is 0 Å². The molecular weight excluding hydrogens is 326 g/mol. The molecule has 4 heteroatoms. The van der Waals surface area contributed by atoms with Gasteiger partial charge in [-0.2, -0.15) is 0 Å². The fourth-order valence-electron chi connectivity index (χ4n) is 2.35. The van der Waals surface area contributed by atoms with Crippen LogP contribution in [0.25, 0.3) is 0 Å². The van der Waals surface area contributed by atoms with Crippen molar-refractivity contribution in [2.75, 3.05) is 11.4 Å². The number of nitrogens with zero attached hydrogens (tertiary/aromatic N) is 2. The van der Waals surface area contributed by atoms with E-state index in [1.165, 1.54) is 5.69 Å². The fourth-order valence-corrected chi connectivity index (χ4v) is 3.08. The van der Waals surface area contributed by atoms with Crippen molar-refractivity contribution in [3.63, 3.8) is 0 Å². The summed E-state index contributed by atoms with van der Waals surface area (Å²) < 4.78 is 1.06. The number of pyridine rings is 1. The first-order valence-corrected chi connectivity index (χ1v) is 8.03. The molecule has 21 heavy (non-hydrogen) atoms. The zero-order valence-corrected chi connectivity index (χ0v) is 14.4. The Balaban J connectivity index is 2.23. The van der Waals surface area contributed by atoms with Crippen LogP contribution in [0.15, 0.2) is 40.9 Å². The maximum Gasteiger partial charge on any atom is 0.0602 e. The van der Waals surface area contributed by atoms with E-state index in [1.54, 1.807) is 0 Å². The van der Waals surface area contributed by atoms with E-state index in [-0.39, 0.29) is 6.04 Å². The largest absolute Gasteiger partial charge is 0.366 e. The zero-order valence-electron chi connectivity index (χ0n) is 12.8. The third kappa shape index (κ3) is 4.05. The minimum Gasteiger partial charge on any atom is -0.366 e. The number of nitrogens with two attached hydrogens (primary N) is 1. The third-order valence-electron chi connectivity index (χ3n) is 3.52. The molecule has 2 rings (SSSR count). The molecule has 112 valence electrons. The first-order valence-electron chi connectivity index (χ1n) is 7.23. The van der Waals surface area contributed by atoms with Crippen molar-refractivity contribution in [3.8, 4) is 0 Å². The molecule has 0 radical (unpaired) electrons. The van der Waals surface area contributed by atoms with Gasteiger partial charge >= 0.3 is 0 Å². The van der Waals surface area contributed by atoms with Gasteiger partial charge in [0.1, 0.15) is 0 Å². The molecule has 0 saturated carbocycles. The normalized spacial score (nSPS) is 12.2. The molecule has 2 aromatic rings. The van der Waals surface area contributed by atoms with Gasteiger partial charge in [0, 0.05) is 28.4 Å². The fraction of sp³-hybridized carbons (Fsp3) is 0.353. The van der Waals surface area contributed by atoms with Crippen LogP contribution in [0.1, 0.15) is 36.8 Å². The lowest BCUT2D eigenvalue weighted by atomic mass is 10.1. The molecule has 0 aliphatic heterocycles. The van der Waals surface area contributed by atoms with E-state index in [0.717, 1.165) is 34.5 Å². The summed E-state index contributed by atoms with van der Waals surface area (Å²) in [6, 6.07) is 12.5. The molecule has 0 aliphatic rings. The first kappa shape index (κ1) is 16.0. The van der Waals surface area contributed by atoms with Gasteiger partial charge in [-0.05, 0) is 50.6 Å². The van der Waals surface area contributed by atoms with Gasteiger partial charge in [0.25, 0.3) is 0 Å². The average molecular weight is 348 g/mol. The summed E-state index contributed by atoms with van der Waals surface area (Å²) in [6.45, 7) is 7.91. The van der Waals surface area contributed by atoms with E-state index in [1.807, 2.05) is 19.9 Å². The van der Waals surface area contributed by atoms with Gasteiger partial charge in [-0.25, -0.2) is 0 Å². The van der Waals surface area contributed by atoms with Gasteiger partial charge in [-0.1, -0.05) is 28.1 Å². The second-order valence-corrected chi connectivity index (χ2v) is 6.13. The highest BCUT2D eigenvalue weighted by molar-refractivity contribution is 9.10. The number of hydrogen-bond acceptors (Lipinski definition) is 3. The molecule has 0 bridgehead atoms. The Morgan fingerprint density at radius 3 is 2.62 bits per heavy atom. The number of rotatable bonds is 5. The van der Waals surface area contributed by atoms with Gasteiger partial charge in [-0.3, -0.25) is 4.98 Å². The van der Waals surface area contributed by atoms with Crippen molar-refractivity contribution in [1.29, 1.82) is 0 Å². The Labute approximate surface area is 135 Å². The molecule has 0 spiro atoms. The summed E-state index contributed by atoms with van der Waals surface area (Å²) in [6.07, 6.45) is 0. The Bertz CT molecular complexity index is 611. The lowest BCUT2D eigenvalue weighted by molar-refractivity contribution is 0.795. The standard InChI is InChI=1S/C17H22BrN3/c1-4-21(11-14-7-5-6-12(2)20-14)15-8-9-16(13(3)19)17(18)10-15/h5-10,13H,4,11,19H2,1-3H3/t13-/m1/s1. The number of benzene rings is 1. The smallest absolute Gasteiger partial charge is 0.0602 e. The molecule has 1 heterocycles. The van der Waals surface area contributed by atoms with Crippen molar-refractivity contribution in [1.82, 2.24) is 4.98 Å². The zero-order chi connectivity index (χ0) is 15.4. The van der Waals surface area contributed by atoms with Gasteiger partial charge in [0.2, 0.25) is 0 Å². The van der Waals surface area contributed by atoms with Gasteiger partial charge in [-0.15, -0.1) is 0 Å². The Kier molecular flexibility index (Phi) is 5.37. The van der Waals surface area contributed by atoms with Crippen LogP contribution in [0.2, 0.25) is 0 Å². The predicted molar refractivity (Wildman–Crippen MR) is 92.4 cm³/mol. The summed E-state index contributed by atoms with van der Waals surface area (Å²) in [5.74, 6) is 0. The molecule has 0 aliphatic carbocycles. The van der Waals surface area contributed by atoms with E-state index in [4.69, 9.17) is 5.73 Å². The van der Waals surface area contributed by atoms with Crippen molar-refractivity contribution in [3.05, 3.63) is 57.8 Å². The molecule has 0 fully saturated rings. The Hall–Kier alpha value is -1.39. The van der Waals surface area contributed by atoms with Gasteiger partial charge in [0.15, 0.2) is 0 Å². The van der Waals surface area contributed by atoms with E-state index in [2.05, 4.69) is 63.1 Å². The van der Waals surface area contributed by atoms with Crippen LogP contribution in [0.3, 0.4) is 0 Å². The molecule has 0 amide bonds. The number of aromatic nitrogens is 1. The average Bonchev–Trinajstić information content (AvgIpc) is 2.44. The van der Waals surface area contributed by atoms with Crippen LogP contribution in [-0.4, -0.2) is 11.5 Å². The monoisotopic (exact) mass is 347 g/mol. The number of aryl methyl sites for hydroxylation is 1. The van der Waals surface area contributed by atoms with Crippen molar-refractivity contribution in [2.24, 2.45) is 5.73 Å². The summed E-state index contributed by atoms with van der Waals surface area (Å²) >= 11 is 3.62. The second-order valence-electron chi connectivity index (χ2n) is 5.28. The Morgan fingerprint density at radius 2 is 2.05 bits per heavy atom. The highest BCUT2D eigenvalue weighted by Gasteiger charge is 2.10. The molecule has 1 aromatic heterocycles. The van der Waals surface area contributed by atoms with Crippen LogP contribution in [0.5, 0.6) is 0 Å². The minimum atomic E-state index is 0.0296. The van der Waals surface area contributed by atoms with Gasteiger partial charge < -0.3 is 10.6 Å². The highest BCUT2D eigenvalue weighted by atomic mass is 79.9. The third-order valence-corrected chi connectivity index (χ3v) is 4.21. The quantitative estimate of drug-likeness (QED) is 0.881. The summed E-state index contributed by atoms with van der Waals surface area (Å²) in [5.41, 5.74) is 10.4. The summed E-state index contributed by atoms with van der Waals surface area (Å²) in [7, 11) is 0. The Morgan fingerprint density at radius 1 is 1.29 bits per heavy atom. The number of hydrogen-bond donors (Lipinski definition) is 1. The summed E-state index contributed by atoms with van der Waals surface area (Å²) in [4.78, 5) is 6.88. The van der Waals surface area contributed by atoms with Crippen LogP contribution < -0.4 is 10.6 Å². The van der Waals surface area contributed by atoms with E-state index >= 15 is 0 Å². The molecule has 2 N–H and O–H groups in total. The maximum absolute atomic E-state index is 5.96. The number of halogens is 1. The highest BCUT2D eigenvalue weighted by Crippen LogP contribution is 2.28. The SMILES string of the molecule is CCN(Cc1cccc(C)n1)c1ccc([C@@H](C)N)c(Br)c1.